The fourth-order valence-electron chi connectivity index (χ4n) is 3.28. The van der Waals surface area contributed by atoms with Crippen LogP contribution < -0.4 is 29.7 Å². The molecule has 0 bridgehead atoms. The number of halogens is 1. The molecule has 0 saturated carbocycles. The van der Waals surface area contributed by atoms with E-state index in [-0.39, 0.29) is 12.5 Å². The van der Waals surface area contributed by atoms with Crippen LogP contribution in [-0.2, 0) is 4.79 Å². The third-order valence-electron chi connectivity index (χ3n) is 5.00. The normalized spacial score (nSPS) is 10.5. The van der Waals surface area contributed by atoms with Crippen molar-refractivity contribution in [2.24, 2.45) is 5.10 Å². The highest BCUT2D eigenvalue weighted by Crippen LogP contribution is 2.29. The molecule has 0 saturated heterocycles. The number of rotatable bonds is 14. The van der Waals surface area contributed by atoms with Crippen LogP contribution >= 0.6 is 11.6 Å². The molecule has 3 rings (SSSR count). The summed E-state index contributed by atoms with van der Waals surface area (Å²) in [5, 5.41) is 7.35. The zero-order valence-electron chi connectivity index (χ0n) is 21.7. The Labute approximate surface area is 232 Å². The van der Waals surface area contributed by atoms with Crippen LogP contribution in [0.3, 0.4) is 0 Å². The first-order chi connectivity index (χ1) is 18.9. The number of hydrogen-bond donors (Lipinski definition) is 2. The van der Waals surface area contributed by atoms with E-state index in [1.807, 2.05) is 13.8 Å². The Bertz CT molecular complexity index is 1310. The summed E-state index contributed by atoms with van der Waals surface area (Å²) in [7, 11) is 0. The summed E-state index contributed by atoms with van der Waals surface area (Å²) in [5.74, 6) is 1.05. The zero-order valence-corrected chi connectivity index (χ0v) is 22.5. The van der Waals surface area contributed by atoms with Gasteiger partial charge in [-0.3, -0.25) is 9.59 Å². The van der Waals surface area contributed by atoms with Crippen molar-refractivity contribution in [3.63, 3.8) is 0 Å². The third-order valence-corrected chi connectivity index (χ3v) is 5.25. The van der Waals surface area contributed by atoms with Crippen LogP contribution in [0.2, 0.25) is 5.02 Å². The summed E-state index contributed by atoms with van der Waals surface area (Å²) in [6, 6.07) is 16.7. The Hall–Kier alpha value is -4.50. The van der Waals surface area contributed by atoms with Gasteiger partial charge in [0.1, 0.15) is 6.61 Å². The first-order valence-electron chi connectivity index (χ1n) is 12.2. The Morgan fingerprint density at radius 1 is 0.872 bits per heavy atom. The molecule has 3 aromatic rings. The van der Waals surface area contributed by atoms with Gasteiger partial charge >= 0.3 is 0 Å². The third kappa shape index (κ3) is 9.08. The quantitative estimate of drug-likeness (QED) is 0.156. The van der Waals surface area contributed by atoms with Crippen molar-refractivity contribution in [1.29, 1.82) is 0 Å². The van der Waals surface area contributed by atoms with Gasteiger partial charge in [0.2, 0.25) is 0 Å². The van der Waals surface area contributed by atoms with E-state index in [2.05, 4.69) is 22.4 Å². The lowest BCUT2D eigenvalue weighted by Crippen LogP contribution is -2.20. The van der Waals surface area contributed by atoms with Crippen LogP contribution in [-0.4, -0.2) is 44.5 Å². The number of benzene rings is 3. The number of carbonyl (C=O) groups is 2. The highest BCUT2D eigenvalue weighted by atomic mass is 35.5. The van der Waals surface area contributed by atoms with Crippen LogP contribution in [0.25, 0.3) is 0 Å². The molecular formula is C29H30ClN3O6. The second kappa shape index (κ2) is 15.0. The number of nitrogens with one attached hydrogen (secondary N) is 2. The maximum atomic E-state index is 12.6. The highest BCUT2D eigenvalue weighted by molar-refractivity contribution is 6.30. The van der Waals surface area contributed by atoms with Crippen molar-refractivity contribution in [2.45, 2.75) is 13.8 Å². The lowest BCUT2D eigenvalue weighted by Gasteiger charge is -2.13. The molecule has 3 aromatic carbocycles. The molecule has 0 heterocycles. The largest absolute Gasteiger partial charge is 0.490 e. The maximum absolute atomic E-state index is 12.6. The van der Waals surface area contributed by atoms with E-state index < -0.39 is 5.91 Å². The average Bonchev–Trinajstić information content (AvgIpc) is 2.93. The molecule has 2 N–H and O–H groups in total. The first-order valence-corrected chi connectivity index (χ1v) is 12.6. The van der Waals surface area contributed by atoms with Crippen molar-refractivity contribution < 1.29 is 28.5 Å². The summed E-state index contributed by atoms with van der Waals surface area (Å²) in [4.78, 5) is 24.9. The van der Waals surface area contributed by atoms with Gasteiger partial charge in [0.25, 0.3) is 11.8 Å². The molecule has 2 amide bonds. The smallest absolute Gasteiger partial charge is 0.271 e. The Kier molecular flexibility index (Phi) is 11.2. The summed E-state index contributed by atoms with van der Waals surface area (Å²) in [6.07, 6.45) is 3.10. The molecule has 0 aromatic heterocycles. The van der Waals surface area contributed by atoms with Crippen LogP contribution in [0.4, 0.5) is 5.69 Å². The fourth-order valence-corrected chi connectivity index (χ4v) is 3.41. The van der Waals surface area contributed by atoms with E-state index in [9.17, 15) is 9.59 Å². The molecule has 9 nitrogen and oxygen atoms in total. The number of nitrogens with zero attached hydrogens (tertiary/aromatic N) is 1. The predicted molar refractivity (Wildman–Crippen MR) is 152 cm³/mol. The second-order valence-corrected chi connectivity index (χ2v) is 8.31. The lowest BCUT2D eigenvalue weighted by molar-refractivity contribution is -0.118. The highest BCUT2D eigenvalue weighted by Gasteiger charge is 2.12. The van der Waals surface area contributed by atoms with Gasteiger partial charge < -0.3 is 24.3 Å². The molecule has 0 aliphatic heterocycles. The molecular weight excluding hydrogens is 522 g/mol. The molecule has 0 atom stereocenters. The Balaban J connectivity index is 1.61. The van der Waals surface area contributed by atoms with Crippen LogP contribution in [0.5, 0.6) is 23.0 Å². The van der Waals surface area contributed by atoms with E-state index in [4.69, 9.17) is 30.5 Å². The number of hydrazone groups is 1. The maximum Gasteiger partial charge on any atom is 0.271 e. The number of hydrogen-bond acceptors (Lipinski definition) is 7. The van der Waals surface area contributed by atoms with E-state index in [0.717, 1.165) is 0 Å². The van der Waals surface area contributed by atoms with Gasteiger partial charge in [0, 0.05) is 16.3 Å². The average molecular weight is 552 g/mol. The van der Waals surface area contributed by atoms with Gasteiger partial charge in [-0.2, -0.15) is 5.10 Å². The van der Waals surface area contributed by atoms with Crippen LogP contribution in [0.15, 0.2) is 78.4 Å². The van der Waals surface area contributed by atoms with Crippen LogP contribution in [0.1, 0.15) is 29.8 Å². The molecule has 204 valence electrons. The number of ether oxygens (including phenoxy) is 4. The first kappa shape index (κ1) is 29.1. The Morgan fingerprint density at radius 3 is 2.23 bits per heavy atom. The van der Waals surface area contributed by atoms with E-state index >= 15 is 0 Å². The van der Waals surface area contributed by atoms with Gasteiger partial charge in [-0.1, -0.05) is 24.3 Å². The molecule has 0 fully saturated rings. The molecule has 0 aliphatic rings. The van der Waals surface area contributed by atoms with E-state index in [1.54, 1.807) is 66.7 Å². The second-order valence-electron chi connectivity index (χ2n) is 7.88. The zero-order chi connectivity index (χ0) is 28.0. The lowest BCUT2D eigenvalue weighted by atomic mass is 10.2. The summed E-state index contributed by atoms with van der Waals surface area (Å²) < 4.78 is 22.5. The number of anilines is 1. The van der Waals surface area contributed by atoms with Crippen molar-refractivity contribution in [3.05, 3.63) is 89.5 Å². The molecule has 0 spiro atoms. The van der Waals surface area contributed by atoms with Gasteiger partial charge in [0.15, 0.2) is 29.6 Å². The minimum absolute atomic E-state index is 0.215. The van der Waals surface area contributed by atoms with Crippen molar-refractivity contribution in [2.75, 3.05) is 31.7 Å². The van der Waals surface area contributed by atoms with Gasteiger partial charge in [-0.25, -0.2) is 5.43 Å². The predicted octanol–water partition coefficient (Wildman–Crippen LogP) is 5.48. The fraction of sp³-hybridized carbons (Fsp3) is 0.207. The SMILES string of the molecule is C=CCOc1ccc(C(=O)N/N=C/c2ccc(OCC(=O)Nc3ccc(Cl)cc3)c(OCC)c2)cc1OCC. The van der Waals surface area contributed by atoms with E-state index in [1.165, 1.54) is 6.21 Å². The standard InChI is InChI=1S/C29H30ClN3O6/c1-4-15-38-24-14-8-21(17-27(24)37-6-3)29(35)33-31-18-20-7-13-25(26(16-20)36-5-2)39-19-28(34)32-23-11-9-22(30)10-12-23/h4,7-14,16-18H,1,5-6,15,19H2,2-3H3,(H,32,34)(H,33,35)/b31-18+. The molecule has 0 radical (unpaired) electrons. The molecule has 0 unspecified atom stereocenters. The Morgan fingerprint density at radius 2 is 1.54 bits per heavy atom. The monoisotopic (exact) mass is 551 g/mol. The van der Waals surface area contributed by atoms with Crippen molar-refractivity contribution in [1.82, 2.24) is 5.43 Å². The summed E-state index contributed by atoms with van der Waals surface area (Å²) in [6.45, 7) is 8.22. The minimum atomic E-state index is -0.417. The topological polar surface area (TPSA) is 107 Å². The van der Waals surface area contributed by atoms with Crippen molar-refractivity contribution in [3.8, 4) is 23.0 Å². The molecule has 0 aliphatic carbocycles. The molecule has 10 heteroatoms. The molecule has 39 heavy (non-hydrogen) atoms. The number of amides is 2. The van der Waals surface area contributed by atoms with Crippen molar-refractivity contribution >= 4 is 35.3 Å². The number of carbonyl (C=O) groups excluding carboxylic acids is 2. The van der Waals surface area contributed by atoms with Crippen LogP contribution in [0, 0.1) is 0 Å². The minimum Gasteiger partial charge on any atom is -0.490 e. The summed E-state index contributed by atoms with van der Waals surface area (Å²) >= 11 is 5.87. The van der Waals surface area contributed by atoms with Gasteiger partial charge in [-0.15, -0.1) is 0 Å². The van der Waals surface area contributed by atoms with Gasteiger partial charge in [-0.05, 0) is 80.1 Å². The van der Waals surface area contributed by atoms with E-state index in [0.29, 0.717) is 64.7 Å². The summed E-state index contributed by atoms with van der Waals surface area (Å²) in [5.41, 5.74) is 4.12. The van der Waals surface area contributed by atoms with Gasteiger partial charge in [0.05, 0.1) is 19.4 Å².